The van der Waals surface area contributed by atoms with Crippen LogP contribution in [0.5, 0.6) is 5.75 Å². The molecule has 2 amide bonds. The summed E-state index contributed by atoms with van der Waals surface area (Å²) in [6.45, 7) is 4.99. The Morgan fingerprint density at radius 3 is 2.31 bits per heavy atom. The number of benzene rings is 1. The molecule has 0 bridgehead atoms. The van der Waals surface area contributed by atoms with E-state index in [9.17, 15) is 22.8 Å². The van der Waals surface area contributed by atoms with Crippen LogP contribution < -0.4 is 15.8 Å². The molecule has 1 heterocycles. The number of rotatable bonds is 10. The van der Waals surface area contributed by atoms with Crippen LogP contribution in [0.2, 0.25) is 5.02 Å². The molecule has 2 rings (SSSR count). The molecule has 0 aliphatic rings. The minimum Gasteiger partial charge on any atom is -0.492 e. The summed E-state index contributed by atoms with van der Waals surface area (Å²) in [5.74, 6) is -2.92. The summed E-state index contributed by atoms with van der Waals surface area (Å²) in [6.07, 6.45) is -1.57. The summed E-state index contributed by atoms with van der Waals surface area (Å²) < 4.78 is 37.5. The normalized spacial score (nSPS) is 10.7. The highest BCUT2D eigenvalue weighted by atomic mass is 35.5. The maximum Gasteiger partial charge on any atom is 0.490 e. The number of carbonyl (C=O) groups is 3. The Balaban J connectivity index is 0.000000762. The Kier molecular flexibility index (Phi) is 11.8. The monoisotopic (exact) mass is 518 g/mol. The molecule has 35 heavy (non-hydrogen) atoms. The average Bonchev–Trinajstić information content (AvgIpc) is 2.76. The standard InChI is InChI=1S/C20H25ClN4O3.C2HF3O2/c1-14(2)25(9-5-19(22)26)20(27)15-11-16(21)13-18(12-15)28-10-8-24-17-3-6-23-7-4-17;3-2(4,5)1(6)7/h3-4,6-7,11-14H,5,8-10H2,1-2H3,(H2,22,26)(H,23,24);(H,6,7). The number of amides is 2. The topological polar surface area (TPSA) is 135 Å². The fourth-order valence-corrected chi connectivity index (χ4v) is 2.82. The molecule has 0 spiro atoms. The first kappa shape index (κ1) is 29.5. The zero-order valence-corrected chi connectivity index (χ0v) is 19.8. The van der Waals surface area contributed by atoms with Crippen molar-refractivity contribution < 1.29 is 37.4 Å². The van der Waals surface area contributed by atoms with Gasteiger partial charge in [0.1, 0.15) is 12.4 Å². The number of carbonyl (C=O) groups excluding carboxylic acids is 2. The Bertz CT molecular complexity index is 991. The highest BCUT2D eigenvalue weighted by Gasteiger charge is 2.38. The Labute approximate surface area is 205 Å². The minimum absolute atomic E-state index is 0.0836. The molecule has 0 atom stereocenters. The van der Waals surface area contributed by atoms with E-state index in [1.54, 1.807) is 35.5 Å². The number of halogens is 4. The number of pyridine rings is 1. The van der Waals surface area contributed by atoms with Crippen molar-refractivity contribution in [1.29, 1.82) is 0 Å². The maximum atomic E-state index is 12.9. The summed E-state index contributed by atoms with van der Waals surface area (Å²) in [5.41, 5.74) is 6.56. The second-order valence-electron chi connectivity index (χ2n) is 7.30. The number of anilines is 1. The predicted octanol–water partition coefficient (Wildman–Crippen LogP) is 3.59. The first-order valence-electron chi connectivity index (χ1n) is 10.3. The largest absolute Gasteiger partial charge is 0.492 e. The summed E-state index contributed by atoms with van der Waals surface area (Å²) in [5, 5.41) is 10.7. The van der Waals surface area contributed by atoms with E-state index in [1.807, 2.05) is 26.0 Å². The van der Waals surface area contributed by atoms with Gasteiger partial charge >= 0.3 is 12.1 Å². The number of aromatic nitrogens is 1. The zero-order chi connectivity index (χ0) is 26.6. The molecule has 1 aromatic heterocycles. The molecule has 0 aliphatic heterocycles. The summed E-state index contributed by atoms with van der Waals surface area (Å²) in [7, 11) is 0. The highest BCUT2D eigenvalue weighted by molar-refractivity contribution is 6.31. The van der Waals surface area contributed by atoms with E-state index in [4.69, 9.17) is 32.0 Å². The maximum absolute atomic E-state index is 12.9. The molecule has 4 N–H and O–H groups in total. The number of nitrogens with two attached hydrogens (primary N) is 1. The van der Waals surface area contributed by atoms with Crippen LogP contribution in [0.1, 0.15) is 30.6 Å². The second-order valence-corrected chi connectivity index (χ2v) is 7.73. The van der Waals surface area contributed by atoms with Crippen molar-refractivity contribution in [3.05, 3.63) is 53.3 Å². The molecule has 13 heteroatoms. The number of hydrogen-bond donors (Lipinski definition) is 3. The molecule has 0 radical (unpaired) electrons. The number of aliphatic carboxylic acids is 1. The van der Waals surface area contributed by atoms with Gasteiger partial charge in [-0.15, -0.1) is 0 Å². The van der Waals surface area contributed by atoms with Gasteiger partial charge in [-0.1, -0.05) is 11.6 Å². The van der Waals surface area contributed by atoms with E-state index >= 15 is 0 Å². The molecule has 2 aromatic rings. The van der Waals surface area contributed by atoms with Crippen molar-refractivity contribution in [2.24, 2.45) is 5.73 Å². The van der Waals surface area contributed by atoms with Gasteiger partial charge in [-0.2, -0.15) is 13.2 Å². The SMILES string of the molecule is CC(C)N(CCC(N)=O)C(=O)c1cc(Cl)cc(OCCNc2ccncc2)c1.O=C(O)C(F)(F)F. The van der Waals surface area contributed by atoms with Gasteiger partial charge in [0, 0.05) is 54.2 Å². The van der Waals surface area contributed by atoms with E-state index in [0.29, 0.717) is 29.5 Å². The number of primary amides is 1. The van der Waals surface area contributed by atoms with Crippen molar-refractivity contribution in [2.45, 2.75) is 32.5 Å². The number of carboxylic acids is 1. The van der Waals surface area contributed by atoms with Gasteiger partial charge in [-0.25, -0.2) is 4.79 Å². The van der Waals surface area contributed by atoms with Crippen LogP contribution in [-0.2, 0) is 9.59 Å². The van der Waals surface area contributed by atoms with E-state index in [0.717, 1.165) is 5.69 Å². The number of alkyl halides is 3. The molecule has 0 saturated heterocycles. The van der Waals surface area contributed by atoms with Gasteiger partial charge in [0.15, 0.2) is 0 Å². The molecule has 1 aromatic carbocycles. The smallest absolute Gasteiger partial charge is 0.490 e. The molecular formula is C22H26ClF3N4O5. The quantitative estimate of drug-likeness (QED) is 0.409. The van der Waals surface area contributed by atoms with Crippen LogP contribution in [0.15, 0.2) is 42.7 Å². The van der Waals surface area contributed by atoms with Gasteiger partial charge < -0.3 is 25.8 Å². The molecule has 0 saturated carbocycles. The highest BCUT2D eigenvalue weighted by Crippen LogP contribution is 2.23. The number of nitrogens with zero attached hydrogens (tertiary/aromatic N) is 2. The number of carboxylic acid groups (broad SMARTS) is 1. The van der Waals surface area contributed by atoms with E-state index < -0.39 is 18.1 Å². The first-order valence-corrected chi connectivity index (χ1v) is 10.7. The van der Waals surface area contributed by atoms with Crippen LogP contribution in [0, 0.1) is 0 Å². The lowest BCUT2D eigenvalue weighted by atomic mass is 10.1. The minimum atomic E-state index is -5.08. The van der Waals surface area contributed by atoms with Crippen LogP contribution in [-0.4, -0.2) is 64.7 Å². The molecular weight excluding hydrogens is 493 g/mol. The third-order valence-corrected chi connectivity index (χ3v) is 4.44. The van der Waals surface area contributed by atoms with E-state index in [1.165, 1.54) is 0 Å². The van der Waals surface area contributed by atoms with Crippen molar-refractivity contribution in [3.8, 4) is 5.75 Å². The van der Waals surface area contributed by atoms with Crippen LogP contribution in [0.25, 0.3) is 0 Å². The van der Waals surface area contributed by atoms with Gasteiger partial charge in [-0.3, -0.25) is 14.6 Å². The summed E-state index contributed by atoms with van der Waals surface area (Å²) in [4.78, 5) is 38.4. The van der Waals surface area contributed by atoms with Crippen molar-refractivity contribution >= 4 is 35.1 Å². The van der Waals surface area contributed by atoms with E-state index in [2.05, 4.69) is 10.3 Å². The molecule has 0 fully saturated rings. The molecule has 192 valence electrons. The fraction of sp³-hybridized carbons (Fsp3) is 0.364. The van der Waals surface area contributed by atoms with Gasteiger partial charge in [0.05, 0.1) is 0 Å². The zero-order valence-electron chi connectivity index (χ0n) is 19.0. The molecule has 9 nitrogen and oxygen atoms in total. The van der Waals surface area contributed by atoms with Crippen molar-refractivity contribution in [1.82, 2.24) is 9.88 Å². The third-order valence-electron chi connectivity index (χ3n) is 4.22. The average molecular weight is 519 g/mol. The Morgan fingerprint density at radius 2 is 1.80 bits per heavy atom. The third kappa shape index (κ3) is 11.4. The summed E-state index contributed by atoms with van der Waals surface area (Å²) in [6, 6.07) is 8.55. The number of ether oxygens (including phenoxy) is 1. The van der Waals surface area contributed by atoms with Crippen LogP contribution in [0.4, 0.5) is 18.9 Å². The van der Waals surface area contributed by atoms with Gasteiger partial charge in [-0.05, 0) is 44.2 Å². The molecule has 0 unspecified atom stereocenters. The van der Waals surface area contributed by atoms with Crippen LogP contribution >= 0.6 is 11.6 Å². The first-order chi connectivity index (χ1) is 16.3. The fourth-order valence-electron chi connectivity index (χ4n) is 2.59. The molecule has 0 aliphatic carbocycles. The lowest BCUT2D eigenvalue weighted by Gasteiger charge is -2.26. The van der Waals surface area contributed by atoms with Gasteiger partial charge in [0.2, 0.25) is 5.91 Å². The van der Waals surface area contributed by atoms with Crippen molar-refractivity contribution in [2.75, 3.05) is 25.0 Å². The lowest BCUT2D eigenvalue weighted by Crippen LogP contribution is -2.39. The van der Waals surface area contributed by atoms with E-state index in [-0.39, 0.29) is 24.9 Å². The number of nitrogens with one attached hydrogen (secondary N) is 1. The summed E-state index contributed by atoms with van der Waals surface area (Å²) >= 11 is 6.17. The number of hydrogen-bond acceptors (Lipinski definition) is 6. The lowest BCUT2D eigenvalue weighted by molar-refractivity contribution is -0.192. The van der Waals surface area contributed by atoms with Gasteiger partial charge in [0.25, 0.3) is 5.91 Å². The Hall–Kier alpha value is -3.54. The predicted molar refractivity (Wildman–Crippen MR) is 123 cm³/mol. The second kappa shape index (κ2) is 14.0. The van der Waals surface area contributed by atoms with Crippen LogP contribution in [0.3, 0.4) is 0 Å². The van der Waals surface area contributed by atoms with Crippen molar-refractivity contribution in [3.63, 3.8) is 0 Å². The Morgan fingerprint density at radius 1 is 1.20 bits per heavy atom.